The lowest BCUT2D eigenvalue weighted by Crippen LogP contribution is -2.51. The number of nitrogens with two attached hydrogens (primary N) is 1. The van der Waals surface area contributed by atoms with Crippen LogP contribution in [0.5, 0.6) is 0 Å². The third kappa shape index (κ3) is 4.17. The molecule has 0 spiro atoms. The zero-order valence-corrected chi connectivity index (χ0v) is 20.1. The number of primary amides is 1. The average molecular weight is 504 g/mol. The molecule has 172 valence electrons. The second-order valence-electron chi connectivity index (χ2n) is 8.00. The molecule has 0 bridgehead atoms. The fourth-order valence-corrected chi connectivity index (χ4v) is 6.50. The maximum Gasteiger partial charge on any atom is 0.253 e. The number of anilines is 1. The highest BCUT2D eigenvalue weighted by Crippen LogP contribution is 2.41. The molecule has 2 amide bonds. The van der Waals surface area contributed by atoms with Gasteiger partial charge in [-0.2, -0.15) is 0 Å². The van der Waals surface area contributed by atoms with Crippen LogP contribution in [0.4, 0.5) is 5.69 Å². The Bertz CT molecular complexity index is 1180. The molecule has 11 heteroatoms. The highest BCUT2D eigenvalue weighted by molar-refractivity contribution is 7.23. The quantitative estimate of drug-likeness (QED) is 0.554. The number of amides is 2. The maximum absolute atomic E-state index is 12.8. The molecule has 2 aliphatic heterocycles. The van der Waals surface area contributed by atoms with Crippen LogP contribution in [0, 0.1) is 0 Å². The van der Waals surface area contributed by atoms with Gasteiger partial charge in [-0.15, -0.1) is 21.5 Å². The van der Waals surface area contributed by atoms with Gasteiger partial charge in [-0.25, -0.2) is 0 Å². The van der Waals surface area contributed by atoms with Crippen molar-refractivity contribution in [2.45, 2.75) is 24.9 Å². The Morgan fingerprint density at radius 1 is 1.15 bits per heavy atom. The van der Waals surface area contributed by atoms with Crippen molar-refractivity contribution in [1.82, 2.24) is 15.1 Å². The van der Waals surface area contributed by atoms with E-state index < -0.39 is 5.54 Å². The maximum atomic E-state index is 12.8. The molecule has 0 radical (unpaired) electrons. The number of ether oxygens (including phenoxy) is 1. The topological polar surface area (TPSA) is 102 Å². The van der Waals surface area contributed by atoms with Gasteiger partial charge in [-0.3, -0.25) is 14.5 Å². The van der Waals surface area contributed by atoms with Crippen LogP contribution in [-0.2, 0) is 26.4 Å². The molecule has 2 saturated heterocycles. The van der Waals surface area contributed by atoms with Gasteiger partial charge in [0.25, 0.3) is 5.91 Å². The van der Waals surface area contributed by atoms with Gasteiger partial charge in [-0.05, 0) is 42.7 Å². The standard InChI is InChI=1S/C22H22ClN5O3S2/c23-17-7-6-16(32-17)20-26-25-18(33-20)12-27-9-1-8-22(27,21(24)30)14-2-4-15(5-3-14)28-10-11-31-13-19(28)29/h2-7H,1,8-13H2,(H2,24,30). The molecule has 5 rings (SSSR count). The summed E-state index contributed by atoms with van der Waals surface area (Å²) < 4.78 is 5.92. The smallest absolute Gasteiger partial charge is 0.253 e. The molecule has 4 heterocycles. The summed E-state index contributed by atoms with van der Waals surface area (Å²) in [5.41, 5.74) is 6.70. The number of rotatable bonds is 6. The Morgan fingerprint density at radius 3 is 2.67 bits per heavy atom. The van der Waals surface area contributed by atoms with Crippen LogP contribution >= 0.6 is 34.3 Å². The van der Waals surface area contributed by atoms with Crippen LogP contribution in [0.15, 0.2) is 36.4 Å². The molecule has 2 aliphatic rings. The van der Waals surface area contributed by atoms with Crippen molar-refractivity contribution in [3.63, 3.8) is 0 Å². The van der Waals surface area contributed by atoms with Crippen molar-refractivity contribution in [1.29, 1.82) is 0 Å². The van der Waals surface area contributed by atoms with Gasteiger partial charge in [0.1, 0.15) is 17.2 Å². The van der Waals surface area contributed by atoms with Crippen molar-refractivity contribution >= 4 is 51.8 Å². The molecule has 1 unspecified atom stereocenters. The molecule has 1 aromatic carbocycles. The molecule has 2 N–H and O–H groups in total. The number of halogens is 1. The number of likely N-dealkylation sites (tertiary alicyclic amines) is 1. The minimum Gasteiger partial charge on any atom is -0.370 e. The first-order valence-electron chi connectivity index (χ1n) is 10.6. The summed E-state index contributed by atoms with van der Waals surface area (Å²) in [5, 5.41) is 10.3. The van der Waals surface area contributed by atoms with Gasteiger partial charge in [0, 0.05) is 18.8 Å². The van der Waals surface area contributed by atoms with Crippen molar-refractivity contribution in [3.05, 3.63) is 51.3 Å². The van der Waals surface area contributed by atoms with E-state index >= 15 is 0 Å². The SMILES string of the molecule is NC(=O)C1(c2ccc(N3CCOCC3=O)cc2)CCCN1Cc1nnc(-c2ccc(Cl)s2)s1. The monoisotopic (exact) mass is 503 g/mol. The highest BCUT2D eigenvalue weighted by Gasteiger charge is 2.48. The lowest BCUT2D eigenvalue weighted by Gasteiger charge is -2.36. The minimum absolute atomic E-state index is 0.0693. The Kier molecular flexibility index (Phi) is 6.19. The Hall–Kier alpha value is -2.37. The van der Waals surface area contributed by atoms with Crippen molar-refractivity contribution in [3.8, 4) is 9.88 Å². The van der Waals surface area contributed by atoms with E-state index in [1.165, 1.54) is 22.7 Å². The van der Waals surface area contributed by atoms with Gasteiger partial charge in [0.15, 0.2) is 5.01 Å². The molecule has 0 aliphatic carbocycles. The fraction of sp³-hybridized carbons (Fsp3) is 0.364. The third-order valence-corrected chi connectivity index (χ3v) is 8.44. The largest absolute Gasteiger partial charge is 0.370 e. The molecule has 2 fully saturated rings. The highest BCUT2D eigenvalue weighted by atomic mass is 35.5. The summed E-state index contributed by atoms with van der Waals surface area (Å²) in [7, 11) is 0. The number of aromatic nitrogens is 2. The number of hydrogen-bond acceptors (Lipinski definition) is 8. The first-order chi connectivity index (χ1) is 16.0. The minimum atomic E-state index is -0.925. The van der Waals surface area contributed by atoms with E-state index in [9.17, 15) is 9.59 Å². The lowest BCUT2D eigenvalue weighted by atomic mass is 9.86. The van der Waals surface area contributed by atoms with Crippen molar-refractivity contribution in [2.24, 2.45) is 5.73 Å². The summed E-state index contributed by atoms with van der Waals surface area (Å²) in [5.74, 6) is -0.454. The van der Waals surface area contributed by atoms with E-state index in [2.05, 4.69) is 15.1 Å². The van der Waals surface area contributed by atoms with Crippen LogP contribution in [0.1, 0.15) is 23.4 Å². The first kappa shape index (κ1) is 22.4. The number of carbonyl (C=O) groups is 2. The summed E-state index contributed by atoms with van der Waals surface area (Å²) in [6.45, 7) is 2.31. The van der Waals surface area contributed by atoms with Crippen LogP contribution < -0.4 is 10.6 Å². The van der Waals surface area contributed by atoms with Crippen LogP contribution in [0.2, 0.25) is 4.34 Å². The van der Waals surface area contributed by atoms with Crippen LogP contribution in [0.25, 0.3) is 9.88 Å². The molecule has 1 atom stereocenters. The zero-order chi connectivity index (χ0) is 23.0. The number of hydrogen-bond donors (Lipinski definition) is 1. The Balaban J connectivity index is 1.40. The van der Waals surface area contributed by atoms with E-state index in [1.54, 1.807) is 4.90 Å². The van der Waals surface area contributed by atoms with Gasteiger partial charge in [-0.1, -0.05) is 35.1 Å². The first-order valence-corrected chi connectivity index (χ1v) is 12.6. The van der Waals surface area contributed by atoms with Gasteiger partial charge >= 0.3 is 0 Å². The van der Waals surface area contributed by atoms with Crippen LogP contribution in [0.3, 0.4) is 0 Å². The third-order valence-electron chi connectivity index (χ3n) is 6.13. The number of morpholine rings is 1. The van der Waals surface area contributed by atoms with Gasteiger partial charge < -0.3 is 15.4 Å². The summed E-state index contributed by atoms with van der Waals surface area (Å²) >= 11 is 9.01. The molecular weight excluding hydrogens is 482 g/mol. The summed E-state index contributed by atoms with van der Waals surface area (Å²) in [6.07, 6.45) is 1.48. The molecule has 3 aromatic rings. The number of carbonyl (C=O) groups excluding carboxylic acids is 2. The van der Waals surface area contributed by atoms with Crippen molar-refractivity contribution in [2.75, 3.05) is 31.2 Å². The lowest BCUT2D eigenvalue weighted by molar-refractivity contribution is -0.129. The second kappa shape index (κ2) is 9.11. The summed E-state index contributed by atoms with van der Waals surface area (Å²) in [6, 6.07) is 11.3. The van der Waals surface area contributed by atoms with E-state index in [-0.39, 0.29) is 18.4 Å². The Morgan fingerprint density at radius 2 is 1.97 bits per heavy atom. The summed E-state index contributed by atoms with van der Waals surface area (Å²) in [4.78, 5) is 29.8. The van der Waals surface area contributed by atoms with E-state index in [0.29, 0.717) is 30.5 Å². The predicted molar refractivity (Wildman–Crippen MR) is 128 cm³/mol. The zero-order valence-electron chi connectivity index (χ0n) is 17.7. The molecule has 0 saturated carbocycles. The van der Waals surface area contributed by atoms with E-state index in [1.807, 2.05) is 36.4 Å². The number of thiophene rings is 1. The molecule has 2 aromatic heterocycles. The molecule has 8 nitrogen and oxygen atoms in total. The van der Waals surface area contributed by atoms with Gasteiger partial charge in [0.2, 0.25) is 5.91 Å². The Labute approximate surface area is 203 Å². The van der Waals surface area contributed by atoms with E-state index in [0.717, 1.165) is 39.1 Å². The van der Waals surface area contributed by atoms with Crippen LogP contribution in [-0.4, -0.2) is 53.2 Å². The van der Waals surface area contributed by atoms with Gasteiger partial charge in [0.05, 0.1) is 22.4 Å². The molecule has 33 heavy (non-hydrogen) atoms. The van der Waals surface area contributed by atoms with E-state index in [4.69, 9.17) is 22.1 Å². The normalized spacial score (nSPS) is 21.6. The average Bonchev–Trinajstić information content (AvgIpc) is 3.55. The molecular formula is C22H22ClN5O3S2. The second-order valence-corrected chi connectivity index (χ2v) is 10.8. The van der Waals surface area contributed by atoms with Crippen molar-refractivity contribution < 1.29 is 14.3 Å². The fourth-order valence-electron chi connectivity index (χ4n) is 4.55. The predicted octanol–water partition coefficient (Wildman–Crippen LogP) is 3.26. The number of nitrogens with zero attached hydrogens (tertiary/aromatic N) is 4. The number of benzene rings is 1.